The molecular formula is C21H22N6OS. The first-order valence-corrected chi connectivity index (χ1v) is 10.5. The van der Waals surface area contributed by atoms with Crippen molar-refractivity contribution in [3.8, 4) is 17.3 Å². The molecule has 0 atom stereocenters. The number of thiazole rings is 1. The number of nitrogens with two attached hydrogens (primary N) is 1. The molecule has 4 rings (SSSR count). The normalized spacial score (nSPS) is 13.6. The number of hydrogen-bond donors (Lipinski definition) is 1. The van der Waals surface area contributed by atoms with Crippen LogP contribution in [0, 0.1) is 11.3 Å². The molecule has 0 radical (unpaired) electrons. The monoisotopic (exact) mass is 406 g/mol. The average molecular weight is 407 g/mol. The summed E-state index contributed by atoms with van der Waals surface area (Å²) in [6.45, 7) is 3.58. The van der Waals surface area contributed by atoms with Crippen molar-refractivity contribution in [1.82, 2.24) is 19.7 Å². The van der Waals surface area contributed by atoms with Gasteiger partial charge in [-0.3, -0.25) is 9.48 Å². The third kappa shape index (κ3) is 4.00. The van der Waals surface area contributed by atoms with E-state index in [4.69, 9.17) is 11.0 Å². The van der Waals surface area contributed by atoms with E-state index < -0.39 is 0 Å². The molecule has 0 bridgehead atoms. The van der Waals surface area contributed by atoms with Crippen LogP contribution in [0.3, 0.4) is 0 Å². The minimum atomic E-state index is 0.0586. The number of fused-ring (bicyclic) bond motifs is 1. The van der Waals surface area contributed by atoms with Gasteiger partial charge in [0.1, 0.15) is 6.54 Å². The van der Waals surface area contributed by atoms with Crippen molar-refractivity contribution in [3.05, 3.63) is 52.2 Å². The predicted octanol–water partition coefficient (Wildman–Crippen LogP) is 2.65. The highest BCUT2D eigenvalue weighted by molar-refractivity contribution is 7.15. The zero-order chi connectivity index (χ0) is 20.4. The second kappa shape index (κ2) is 8.05. The van der Waals surface area contributed by atoms with Gasteiger partial charge in [-0.1, -0.05) is 19.1 Å². The summed E-state index contributed by atoms with van der Waals surface area (Å²) in [6.07, 6.45) is 2.31. The van der Waals surface area contributed by atoms with Gasteiger partial charge in [0, 0.05) is 42.1 Å². The molecule has 2 aromatic heterocycles. The first-order valence-electron chi connectivity index (χ1n) is 9.66. The fourth-order valence-electron chi connectivity index (χ4n) is 3.63. The Labute approximate surface area is 173 Å². The molecule has 1 aromatic carbocycles. The lowest BCUT2D eigenvalue weighted by Crippen LogP contribution is -2.36. The summed E-state index contributed by atoms with van der Waals surface area (Å²) in [7, 11) is 0. The highest BCUT2D eigenvalue weighted by atomic mass is 32.1. The van der Waals surface area contributed by atoms with E-state index in [1.165, 1.54) is 16.2 Å². The molecule has 2 N–H and O–H groups in total. The Morgan fingerprint density at radius 3 is 2.93 bits per heavy atom. The maximum absolute atomic E-state index is 13.0. The first-order chi connectivity index (χ1) is 14.1. The quantitative estimate of drug-likeness (QED) is 0.718. The van der Waals surface area contributed by atoms with E-state index >= 15 is 0 Å². The summed E-state index contributed by atoms with van der Waals surface area (Å²) < 4.78 is 1.79. The Balaban J connectivity index is 1.50. The summed E-state index contributed by atoms with van der Waals surface area (Å²) in [5, 5.41) is 14.4. The molecule has 1 aliphatic rings. The lowest BCUT2D eigenvalue weighted by molar-refractivity contribution is -0.132. The number of anilines is 1. The lowest BCUT2D eigenvalue weighted by atomic mass is 10.1. The number of nitrogen functional groups attached to an aromatic ring is 1. The van der Waals surface area contributed by atoms with E-state index in [2.05, 4.69) is 16.2 Å². The number of aryl methyl sites for hydroxylation is 1. The minimum absolute atomic E-state index is 0.0586. The van der Waals surface area contributed by atoms with E-state index in [-0.39, 0.29) is 12.5 Å². The molecule has 7 nitrogen and oxygen atoms in total. The van der Waals surface area contributed by atoms with E-state index in [0.29, 0.717) is 23.8 Å². The molecule has 0 saturated carbocycles. The summed E-state index contributed by atoms with van der Waals surface area (Å²) in [4.78, 5) is 20.4. The summed E-state index contributed by atoms with van der Waals surface area (Å²) in [5.41, 5.74) is 10.1. The van der Waals surface area contributed by atoms with Gasteiger partial charge in [0.2, 0.25) is 5.91 Å². The van der Waals surface area contributed by atoms with Crippen LogP contribution >= 0.6 is 11.3 Å². The molecule has 1 amide bonds. The third-order valence-corrected chi connectivity index (χ3v) is 6.16. The molecule has 29 heavy (non-hydrogen) atoms. The number of rotatable bonds is 4. The van der Waals surface area contributed by atoms with Gasteiger partial charge in [-0.05, 0) is 24.6 Å². The van der Waals surface area contributed by atoms with Gasteiger partial charge in [-0.25, -0.2) is 4.98 Å². The van der Waals surface area contributed by atoms with Gasteiger partial charge in [-0.2, -0.15) is 10.4 Å². The van der Waals surface area contributed by atoms with Crippen molar-refractivity contribution in [2.24, 2.45) is 0 Å². The molecule has 0 saturated heterocycles. The van der Waals surface area contributed by atoms with Crippen LogP contribution in [0.4, 0.5) is 5.13 Å². The highest BCUT2D eigenvalue weighted by Gasteiger charge is 2.22. The van der Waals surface area contributed by atoms with E-state index in [1.807, 2.05) is 36.1 Å². The molecule has 0 fully saturated rings. The van der Waals surface area contributed by atoms with Crippen LogP contribution in [-0.2, 0) is 30.6 Å². The molecule has 0 aliphatic carbocycles. The SMILES string of the molecule is CCc1cc(-c2cccc(C#N)c2)nn1CC(=O)N1CCc2nc(N)sc2CC1. The standard InChI is InChI=1S/C21H22N6OS/c1-2-16-11-18(15-5-3-4-14(10-15)12-22)25-27(16)13-20(28)26-8-6-17-19(7-9-26)29-21(23)24-17/h3-5,10-11H,2,6-9,13H2,1H3,(H2,23,24). The molecular weight excluding hydrogens is 384 g/mol. The molecule has 3 heterocycles. The zero-order valence-corrected chi connectivity index (χ0v) is 17.1. The van der Waals surface area contributed by atoms with E-state index in [9.17, 15) is 4.79 Å². The largest absolute Gasteiger partial charge is 0.375 e. The van der Waals surface area contributed by atoms with Gasteiger partial charge < -0.3 is 10.6 Å². The zero-order valence-electron chi connectivity index (χ0n) is 16.3. The number of benzene rings is 1. The average Bonchev–Trinajstić information content (AvgIpc) is 3.24. The van der Waals surface area contributed by atoms with Crippen molar-refractivity contribution < 1.29 is 4.79 Å². The second-order valence-corrected chi connectivity index (χ2v) is 8.14. The van der Waals surface area contributed by atoms with Gasteiger partial charge in [-0.15, -0.1) is 11.3 Å². The van der Waals surface area contributed by atoms with Crippen molar-refractivity contribution in [2.45, 2.75) is 32.7 Å². The molecule has 3 aromatic rings. The molecule has 1 aliphatic heterocycles. The lowest BCUT2D eigenvalue weighted by Gasteiger charge is -2.20. The Morgan fingerprint density at radius 1 is 1.31 bits per heavy atom. The maximum atomic E-state index is 13.0. The summed E-state index contributed by atoms with van der Waals surface area (Å²) >= 11 is 1.52. The second-order valence-electron chi connectivity index (χ2n) is 7.03. The van der Waals surface area contributed by atoms with Gasteiger partial charge in [0.15, 0.2) is 5.13 Å². The number of carbonyl (C=O) groups excluding carboxylic acids is 1. The number of hydrogen-bond acceptors (Lipinski definition) is 6. The van der Waals surface area contributed by atoms with Gasteiger partial charge >= 0.3 is 0 Å². The molecule has 0 unspecified atom stereocenters. The van der Waals surface area contributed by atoms with Crippen molar-refractivity contribution in [2.75, 3.05) is 18.8 Å². The van der Waals surface area contributed by atoms with Crippen LogP contribution in [0.25, 0.3) is 11.3 Å². The minimum Gasteiger partial charge on any atom is -0.375 e. The van der Waals surface area contributed by atoms with Crippen LogP contribution < -0.4 is 5.73 Å². The first kappa shape index (κ1) is 19.2. The highest BCUT2D eigenvalue weighted by Crippen LogP contribution is 2.25. The van der Waals surface area contributed by atoms with Crippen molar-refractivity contribution in [1.29, 1.82) is 5.26 Å². The number of amides is 1. The maximum Gasteiger partial charge on any atom is 0.244 e. The Hall–Kier alpha value is -3.18. The van der Waals surface area contributed by atoms with E-state index in [0.717, 1.165) is 41.9 Å². The van der Waals surface area contributed by atoms with Gasteiger partial charge in [0.05, 0.1) is 23.0 Å². The van der Waals surface area contributed by atoms with Crippen LogP contribution in [0.1, 0.15) is 28.8 Å². The fourth-order valence-corrected chi connectivity index (χ4v) is 4.49. The van der Waals surface area contributed by atoms with Crippen molar-refractivity contribution >= 4 is 22.4 Å². The number of nitrogens with zero attached hydrogens (tertiary/aromatic N) is 5. The van der Waals surface area contributed by atoms with Crippen LogP contribution in [-0.4, -0.2) is 38.7 Å². The molecule has 0 spiro atoms. The fraction of sp³-hybridized carbons (Fsp3) is 0.333. The van der Waals surface area contributed by atoms with Gasteiger partial charge in [0.25, 0.3) is 0 Å². The molecule has 8 heteroatoms. The summed E-state index contributed by atoms with van der Waals surface area (Å²) in [5.74, 6) is 0.0586. The number of aromatic nitrogens is 3. The van der Waals surface area contributed by atoms with Crippen molar-refractivity contribution in [3.63, 3.8) is 0 Å². The van der Waals surface area contributed by atoms with E-state index in [1.54, 1.807) is 10.7 Å². The summed E-state index contributed by atoms with van der Waals surface area (Å²) in [6, 6.07) is 11.5. The smallest absolute Gasteiger partial charge is 0.244 e. The Kier molecular flexibility index (Phi) is 5.32. The van der Waals surface area contributed by atoms with Crippen LogP contribution in [0.2, 0.25) is 0 Å². The predicted molar refractivity (Wildman–Crippen MR) is 112 cm³/mol. The Morgan fingerprint density at radius 2 is 2.14 bits per heavy atom. The number of nitriles is 1. The topological polar surface area (TPSA) is 101 Å². The number of carbonyl (C=O) groups is 1. The molecule has 148 valence electrons. The van der Waals surface area contributed by atoms with Crippen LogP contribution in [0.15, 0.2) is 30.3 Å². The Bertz CT molecular complexity index is 1070. The van der Waals surface area contributed by atoms with Crippen LogP contribution in [0.5, 0.6) is 0 Å². The third-order valence-electron chi connectivity index (χ3n) is 5.17.